The van der Waals surface area contributed by atoms with Gasteiger partial charge in [-0.15, -0.1) is 0 Å². The van der Waals surface area contributed by atoms with Crippen molar-refractivity contribution in [2.75, 3.05) is 26.3 Å². The SMILES string of the molecule is Fc1cccc(C=C2CCN([C@H]3CCOC3)CC2)c1. The molecule has 0 saturated carbocycles. The van der Waals surface area contributed by atoms with Gasteiger partial charge in [0.15, 0.2) is 0 Å². The zero-order chi connectivity index (χ0) is 13.1. The Bertz CT molecular complexity index is 456. The maximum atomic E-state index is 13.1. The average molecular weight is 261 g/mol. The third kappa shape index (κ3) is 3.23. The Morgan fingerprint density at radius 2 is 2.11 bits per heavy atom. The van der Waals surface area contributed by atoms with E-state index in [2.05, 4.69) is 11.0 Å². The lowest BCUT2D eigenvalue weighted by Crippen LogP contribution is -2.39. The number of hydrogen-bond donors (Lipinski definition) is 0. The van der Waals surface area contributed by atoms with Gasteiger partial charge in [-0.2, -0.15) is 0 Å². The third-order valence-corrected chi connectivity index (χ3v) is 4.08. The molecule has 2 heterocycles. The quantitative estimate of drug-likeness (QED) is 0.811. The lowest BCUT2D eigenvalue weighted by atomic mass is 9.99. The van der Waals surface area contributed by atoms with Crippen LogP contribution in [0.3, 0.4) is 0 Å². The van der Waals surface area contributed by atoms with E-state index < -0.39 is 0 Å². The minimum atomic E-state index is -0.158. The van der Waals surface area contributed by atoms with Crippen molar-refractivity contribution in [2.45, 2.75) is 25.3 Å². The van der Waals surface area contributed by atoms with Crippen LogP contribution >= 0.6 is 0 Å². The molecule has 3 rings (SSSR count). The maximum absolute atomic E-state index is 13.1. The molecule has 0 aromatic heterocycles. The number of nitrogens with zero attached hydrogens (tertiary/aromatic N) is 1. The number of ether oxygens (including phenoxy) is 1. The van der Waals surface area contributed by atoms with Crippen molar-refractivity contribution in [3.8, 4) is 0 Å². The van der Waals surface area contributed by atoms with Crippen molar-refractivity contribution in [2.24, 2.45) is 0 Å². The summed E-state index contributed by atoms with van der Waals surface area (Å²) in [6.07, 6.45) is 5.49. The number of hydrogen-bond acceptors (Lipinski definition) is 2. The molecule has 0 radical (unpaired) electrons. The van der Waals surface area contributed by atoms with Crippen molar-refractivity contribution in [3.05, 3.63) is 41.2 Å². The van der Waals surface area contributed by atoms with Crippen LogP contribution in [0, 0.1) is 5.82 Å². The highest BCUT2D eigenvalue weighted by Crippen LogP contribution is 2.23. The van der Waals surface area contributed by atoms with E-state index in [0.717, 1.165) is 44.7 Å². The second kappa shape index (κ2) is 5.85. The zero-order valence-corrected chi connectivity index (χ0v) is 11.1. The Morgan fingerprint density at radius 1 is 1.26 bits per heavy atom. The Balaban J connectivity index is 1.60. The molecule has 0 N–H and O–H groups in total. The molecule has 1 aromatic carbocycles. The van der Waals surface area contributed by atoms with E-state index in [9.17, 15) is 4.39 Å². The standard InChI is InChI=1S/C16H20FNO/c17-15-3-1-2-14(11-15)10-13-4-7-18(8-5-13)16-6-9-19-12-16/h1-3,10-11,16H,4-9,12H2/t16-/m0/s1. The van der Waals surface area contributed by atoms with E-state index in [1.807, 2.05) is 6.07 Å². The van der Waals surface area contributed by atoms with Gasteiger partial charge in [0.1, 0.15) is 5.82 Å². The first-order chi connectivity index (χ1) is 9.31. The van der Waals surface area contributed by atoms with Crippen molar-refractivity contribution < 1.29 is 9.13 Å². The third-order valence-electron chi connectivity index (χ3n) is 4.08. The average Bonchev–Trinajstić information content (AvgIpc) is 2.94. The lowest BCUT2D eigenvalue weighted by Gasteiger charge is -2.32. The van der Waals surface area contributed by atoms with Crippen LogP contribution in [0.2, 0.25) is 0 Å². The van der Waals surface area contributed by atoms with Gasteiger partial charge in [-0.05, 0) is 37.0 Å². The predicted molar refractivity (Wildman–Crippen MR) is 74.4 cm³/mol. The van der Waals surface area contributed by atoms with Crippen LogP contribution in [0.5, 0.6) is 0 Å². The Labute approximate surface area is 113 Å². The predicted octanol–water partition coefficient (Wildman–Crippen LogP) is 3.09. The topological polar surface area (TPSA) is 12.5 Å². The van der Waals surface area contributed by atoms with Crippen molar-refractivity contribution in [1.82, 2.24) is 4.90 Å². The number of rotatable bonds is 2. The summed E-state index contributed by atoms with van der Waals surface area (Å²) in [6.45, 7) is 4.01. The van der Waals surface area contributed by atoms with E-state index in [1.54, 1.807) is 12.1 Å². The summed E-state index contributed by atoms with van der Waals surface area (Å²) in [6, 6.07) is 7.45. The lowest BCUT2D eigenvalue weighted by molar-refractivity contribution is 0.138. The van der Waals surface area contributed by atoms with Crippen LogP contribution < -0.4 is 0 Å². The fraction of sp³-hybridized carbons (Fsp3) is 0.500. The summed E-state index contributed by atoms with van der Waals surface area (Å²) < 4.78 is 18.6. The highest BCUT2D eigenvalue weighted by atomic mass is 19.1. The van der Waals surface area contributed by atoms with Gasteiger partial charge in [0.25, 0.3) is 0 Å². The molecular weight excluding hydrogens is 241 g/mol. The van der Waals surface area contributed by atoms with Gasteiger partial charge in [0, 0.05) is 25.7 Å². The molecule has 0 amide bonds. The molecule has 2 aliphatic heterocycles. The van der Waals surface area contributed by atoms with Gasteiger partial charge in [-0.3, -0.25) is 4.90 Å². The molecule has 2 saturated heterocycles. The number of benzene rings is 1. The van der Waals surface area contributed by atoms with Crippen LogP contribution in [0.1, 0.15) is 24.8 Å². The Kier molecular flexibility index (Phi) is 3.95. The summed E-state index contributed by atoms with van der Waals surface area (Å²) in [4.78, 5) is 2.54. The molecule has 19 heavy (non-hydrogen) atoms. The van der Waals surface area contributed by atoms with E-state index in [1.165, 1.54) is 18.1 Å². The molecule has 0 aliphatic carbocycles. The molecule has 0 bridgehead atoms. The van der Waals surface area contributed by atoms with Crippen LogP contribution in [-0.4, -0.2) is 37.2 Å². The van der Waals surface area contributed by atoms with Gasteiger partial charge in [0.2, 0.25) is 0 Å². The van der Waals surface area contributed by atoms with E-state index >= 15 is 0 Å². The second-order valence-electron chi connectivity index (χ2n) is 5.41. The summed E-state index contributed by atoms with van der Waals surface area (Å²) >= 11 is 0. The molecular formula is C16H20FNO. The molecule has 3 heteroatoms. The molecule has 102 valence electrons. The molecule has 1 atom stereocenters. The maximum Gasteiger partial charge on any atom is 0.123 e. The van der Waals surface area contributed by atoms with Crippen molar-refractivity contribution >= 4 is 6.08 Å². The number of halogens is 1. The molecule has 0 unspecified atom stereocenters. The monoisotopic (exact) mass is 261 g/mol. The highest BCUT2D eigenvalue weighted by Gasteiger charge is 2.25. The van der Waals surface area contributed by atoms with Crippen LogP contribution in [0.25, 0.3) is 6.08 Å². The Hall–Kier alpha value is -1.19. The van der Waals surface area contributed by atoms with Gasteiger partial charge < -0.3 is 4.74 Å². The van der Waals surface area contributed by atoms with Gasteiger partial charge >= 0.3 is 0 Å². The molecule has 0 spiro atoms. The fourth-order valence-electron chi connectivity index (χ4n) is 2.96. The number of likely N-dealkylation sites (tertiary alicyclic amines) is 1. The van der Waals surface area contributed by atoms with Crippen LogP contribution in [0.4, 0.5) is 4.39 Å². The van der Waals surface area contributed by atoms with Gasteiger partial charge in [0.05, 0.1) is 6.61 Å². The number of piperidine rings is 1. The van der Waals surface area contributed by atoms with E-state index in [-0.39, 0.29) is 5.82 Å². The molecule has 2 aliphatic rings. The van der Waals surface area contributed by atoms with E-state index in [0.29, 0.717) is 6.04 Å². The van der Waals surface area contributed by atoms with Gasteiger partial charge in [-0.25, -0.2) is 4.39 Å². The zero-order valence-electron chi connectivity index (χ0n) is 11.1. The smallest absolute Gasteiger partial charge is 0.123 e. The first kappa shape index (κ1) is 12.8. The van der Waals surface area contributed by atoms with Crippen molar-refractivity contribution in [3.63, 3.8) is 0 Å². The van der Waals surface area contributed by atoms with Crippen LogP contribution in [0.15, 0.2) is 29.8 Å². The summed E-state index contributed by atoms with van der Waals surface area (Å²) in [5, 5.41) is 0. The largest absolute Gasteiger partial charge is 0.380 e. The Morgan fingerprint density at radius 3 is 2.79 bits per heavy atom. The molecule has 1 aromatic rings. The fourth-order valence-corrected chi connectivity index (χ4v) is 2.96. The molecule has 2 nitrogen and oxygen atoms in total. The minimum absolute atomic E-state index is 0.158. The summed E-state index contributed by atoms with van der Waals surface area (Å²) in [5.74, 6) is -0.158. The van der Waals surface area contributed by atoms with Crippen LogP contribution in [-0.2, 0) is 4.74 Å². The summed E-state index contributed by atoms with van der Waals surface area (Å²) in [5.41, 5.74) is 2.41. The van der Waals surface area contributed by atoms with Gasteiger partial charge in [-0.1, -0.05) is 23.8 Å². The van der Waals surface area contributed by atoms with Crippen molar-refractivity contribution in [1.29, 1.82) is 0 Å². The first-order valence-electron chi connectivity index (χ1n) is 7.08. The normalized spacial score (nSPS) is 24.7. The second-order valence-corrected chi connectivity index (χ2v) is 5.41. The highest BCUT2D eigenvalue weighted by molar-refractivity contribution is 5.53. The minimum Gasteiger partial charge on any atom is -0.380 e. The van der Waals surface area contributed by atoms with E-state index in [4.69, 9.17) is 4.74 Å². The first-order valence-corrected chi connectivity index (χ1v) is 7.08. The molecule has 2 fully saturated rings. The summed E-state index contributed by atoms with van der Waals surface area (Å²) in [7, 11) is 0.